The number of benzene rings is 1. The number of halogens is 1. The molecule has 0 radical (unpaired) electrons. The van der Waals surface area contributed by atoms with Crippen LogP contribution < -0.4 is 5.46 Å². The third-order valence-corrected chi connectivity index (χ3v) is 3.44. The zero-order valence-corrected chi connectivity index (χ0v) is 10.9. The maximum absolute atomic E-state index is 13.4. The molecule has 0 aliphatic carbocycles. The number of likely N-dealkylation sites (tertiary alicyclic amines) is 1. The summed E-state index contributed by atoms with van der Waals surface area (Å²) in [7, 11) is -1.62. The first-order valence-electron chi connectivity index (χ1n) is 6.24. The summed E-state index contributed by atoms with van der Waals surface area (Å²) in [6, 6.07) is 4.26. The molecule has 0 aromatic heterocycles. The van der Waals surface area contributed by atoms with E-state index in [1.54, 1.807) is 6.07 Å². The molecule has 1 saturated heterocycles. The Balaban J connectivity index is 2.10. The number of hydrogen-bond donors (Lipinski definition) is 2. The number of hydrogen-bond acceptors (Lipinski definition) is 3. The van der Waals surface area contributed by atoms with E-state index in [1.807, 2.05) is 0 Å². The van der Waals surface area contributed by atoms with Crippen molar-refractivity contribution in [3.05, 3.63) is 29.6 Å². The Hall–Kier alpha value is -0.905. The minimum Gasteiger partial charge on any atom is -0.423 e. The predicted octanol–water partition coefficient (Wildman–Crippen LogP) is 0.737. The van der Waals surface area contributed by atoms with Crippen molar-refractivity contribution in [2.75, 3.05) is 13.1 Å². The van der Waals surface area contributed by atoms with E-state index in [2.05, 4.69) is 18.7 Å². The molecule has 1 fully saturated rings. The molecule has 18 heavy (non-hydrogen) atoms. The summed E-state index contributed by atoms with van der Waals surface area (Å²) in [6.07, 6.45) is 1.14. The molecule has 5 heteroatoms. The van der Waals surface area contributed by atoms with Crippen LogP contribution in [0.2, 0.25) is 0 Å². The largest absolute Gasteiger partial charge is 0.488 e. The van der Waals surface area contributed by atoms with Crippen LogP contribution in [-0.4, -0.2) is 35.2 Å². The summed E-state index contributed by atoms with van der Waals surface area (Å²) in [5, 5.41) is 18.2. The Bertz CT molecular complexity index is 437. The highest BCUT2D eigenvalue weighted by Gasteiger charge is 2.29. The van der Waals surface area contributed by atoms with Gasteiger partial charge in [0, 0.05) is 13.1 Å². The zero-order valence-electron chi connectivity index (χ0n) is 10.9. The third-order valence-electron chi connectivity index (χ3n) is 3.44. The molecule has 0 amide bonds. The highest BCUT2D eigenvalue weighted by Crippen LogP contribution is 2.29. The fourth-order valence-electron chi connectivity index (χ4n) is 2.53. The summed E-state index contributed by atoms with van der Waals surface area (Å²) in [5.41, 5.74) is 1.31. The molecule has 1 aliphatic rings. The molecule has 0 saturated carbocycles. The highest BCUT2D eigenvalue weighted by atomic mass is 19.1. The summed E-state index contributed by atoms with van der Waals surface area (Å²) in [6.45, 7) is 7.09. The lowest BCUT2D eigenvalue weighted by molar-refractivity contribution is 0.284. The smallest absolute Gasteiger partial charge is 0.423 e. The lowest BCUT2D eigenvalue weighted by Gasteiger charge is -2.20. The first kappa shape index (κ1) is 13.5. The van der Waals surface area contributed by atoms with Gasteiger partial charge in [-0.15, -0.1) is 0 Å². The van der Waals surface area contributed by atoms with Crippen LogP contribution in [-0.2, 0) is 6.54 Å². The topological polar surface area (TPSA) is 43.7 Å². The molecule has 1 heterocycles. The van der Waals surface area contributed by atoms with Crippen molar-refractivity contribution in [3.8, 4) is 0 Å². The van der Waals surface area contributed by atoms with E-state index in [-0.39, 0.29) is 5.46 Å². The van der Waals surface area contributed by atoms with Gasteiger partial charge in [0.15, 0.2) is 0 Å². The molecule has 3 nitrogen and oxygen atoms in total. The van der Waals surface area contributed by atoms with Gasteiger partial charge in [-0.05, 0) is 41.5 Å². The van der Waals surface area contributed by atoms with E-state index in [4.69, 9.17) is 10.0 Å². The average molecular weight is 251 g/mol. The maximum Gasteiger partial charge on any atom is 0.488 e. The van der Waals surface area contributed by atoms with Gasteiger partial charge in [0.1, 0.15) is 5.82 Å². The first-order valence-corrected chi connectivity index (χ1v) is 6.24. The summed E-state index contributed by atoms with van der Waals surface area (Å²) in [5.74, 6) is -0.422. The van der Waals surface area contributed by atoms with Gasteiger partial charge in [-0.25, -0.2) is 4.39 Å². The van der Waals surface area contributed by atoms with Gasteiger partial charge in [-0.2, -0.15) is 0 Å². The van der Waals surface area contributed by atoms with Crippen LogP contribution in [0.5, 0.6) is 0 Å². The van der Waals surface area contributed by atoms with Crippen LogP contribution in [0.25, 0.3) is 0 Å². The van der Waals surface area contributed by atoms with Gasteiger partial charge >= 0.3 is 7.12 Å². The first-order chi connectivity index (χ1) is 8.35. The molecular formula is C13H19BFNO2. The summed E-state index contributed by atoms with van der Waals surface area (Å²) < 4.78 is 13.4. The standard InChI is InChI=1S/C13H19BFNO2/c1-13(2)3-4-16(9-13)8-10-5-11(14(17)18)7-12(15)6-10/h5-7,17-18H,3-4,8-9H2,1-2H3. The van der Waals surface area contributed by atoms with Crippen molar-refractivity contribution < 1.29 is 14.4 Å². The fraction of sp³-hybridized carbons (Fsp3) is 0.538. The molecule has 0 unspecified atom stereocenters. The van der Waals surface area contributed by atoms with Crippen LogP contribution >= 0.6 is 0 Å². The Morgan fingerprint density at radius 2 is 2.06 bits per heavy atom. The van der Waals surface area contributed by atoms with Crippen molar-refractivity contribution in [3.63, 3.8) is 0 Å². The molecular weight excluding hydrogens is 232 g/mol. The molecule has 2 rings (SSSR count). The molecule has 0 bridgehead atoms. The second-order valence-corrected chi connectivity index (χ2v) is 5.89. The third kappa shape index (κ3) is 3.31. The molecule has 98 valence electrons. The van der Waals surface area contributed by atoms with E-state index < -0.39 is 12.9 Å². The molecule has 2 N–H and O–H groups in total. The van der Waals surface area contributed by atoms with E-state index in [0.717, 1.165) is 31.1 Å². The minimum atomic E-state index is -1.62. The van der Waals surface area contributed by atoms with Gasteiger partial charge in [0.2, 0.25) is 0 Å². The summed E-state index contributed by atoms with van der Waals surface area (Å²) in [4.78, 5) is 2.27. The SMILES string of the molecule is CC1(C)CCN(Cc2cc(F)cc(B(O)O)c2)C1. The van der Waals surface area contributed by atoms with Crippen LogP contribution in [0.15, 0.2) is 18.2 Å². The molecule has 0 spiro atoms. The van der Waals surface area contributed by atoms with Gasteiger partial charge in [-0.3, -0.25) is 4.90 Å². The van der Waals surface area contributed by atoms with Crippen molar-refractivity contribution >= 4 is 12.6 Å². The monoisotopic (exact) mass is 251 g/mol. The Morgan fingerprint density at radius 3 is 2.61 bits per heavy atom. The maximum atomic E-state index is 13.4. The van der Waals surface area contributed by atoms with Gasteiger partial charge in [0.05, 0.1) is 0 Å². The fourth-order valence-corrected chi connectivity index (χ4v) is 2.53. The normalized spacial score (nSPS) is 19.2. The number of nitrogens with zero attached hydrogens (tertiary/aromatic N) is 1. The zero-order chi connectivity index (χ0) is 13.3. The van der Waals surface area contributed by atoms with E-state index in [9.17, 15) is 4.39 Å². The average Bonchev–Trinajstić information content (AvgIpc) is 2.57. The molecule has 1 aromatic carbocycles. The van der Waals surface area contributed by atoms with Crippen molar-refractivity contribution in [2.45, 2.75) is 26.8 Å². The molecule has 1 aromatic rings. The second-order valence-electron chi connectivity index (χ2n) is 5.89. The second kappa shape index (κ2) is 5.00. The van der Waals surface area contributed by atoms with E-state index in [1.165, 1.54) is 6.07 Å². The lowest BCUT2D eigenvalue weighted by Crippen LogP contribution is -2.31. The van der Waals surface area contributed by atoms with Crippen molar-refractivity contribution in [1.29, 1.82) is 0 Å². The Labute approximate surface area is 107 Å². The van der Waals surface area contributed by atoms with Gasteiger partial charge in [0.25, 0.3) is 0 Å². The minimum absolute atomic E-state index is 0.212. The van der Waals surface area contributed by atoms with Gasteiger partial charge < -0.3 is 10.0 Å². The van der Waals surface area contributed by atoms with Crippen LogP contribution in [0.1, 0.15) is 25.8 Å². The van der Waals surface area contributed by atoms with Crippen LogP contribution in [0.3, 0.4) is 0 Å². The van der Waals surface area contributed by atoms with E-state index in [0.29, 0.717) is 12.0 Å². The Morgan fingerprint density at radius 1 is 1.33 bits per heavy atom. The number of rotatable bonds is 3. The summed E-state index contributed by atoms with van der Waals surface area (Å²) >= 11 is 0. The van der Waals surface area contributed by atoms with Crippen molar-refractivity contribution in [2.24, 2.45) is 5.41 Å². The van der Waals surface area contributed by atoms with Crippen LogP contribution in [0.4, 0.5) is 4.39 Å². The predicted molar refractivity (Wildman–Crippen MR) is 69.9 cm³/mol. The van der Waals surface area contributed by atoms with Crippen LogP contribution in [0, 0.1) is 11.2 Å². The van der Waals surface area contributed by atoms with Gasteiger partial charge in [-0.1, -0.05) is 19.9 Å². The quantitative estimate of drug-likeness (QED) is 0.778. The van der Waals surface area contributed by atoms with Crippen molar-refractivity contribution in [1.82, 2.24) is 4.90 Å². The molecule has 0 atom stereocenters. The Kier molecular flexibility index (Phi) is 3.75. The lowest BCUT2D eigenvalue weighted by atomic mass is 9.79. The van der Waals surface area contributed by atoms with E-state index >= 15 is 0 Å². The molecule has 1 aliphatic heterocycles. The highest BCUT2D eigenvalue weighted by molar-refractivity contribution is 6.58.